The highest BCUT2D eigenvalue weighted by molar-refractivity contribution is 9.10. The van der Waals surface area contributed by atoms with Crippen molar-refractivity contribution in [2.24, 2.45) is 5.10 Å². The molecular weight excluding hydrogens is 490 g/mol. The molecule has 0 amide bonds. The van der Waals surface area contributed by atoms with Crippen LogP contribution in [0.3, 0.4) is 0 Å². The normalized spacial score (nSPS) is 14.4. The molecule has 0 spiro atoms. The van der Waals surface area contributed by atoms with Gasteiger partial charge in [-0.05, 0) is 36.9 Å². The molecule has 2 heterocycles. The number of rotatable bonds is 7. The van der Waals surface area contributed by atoms with Gasteiger partial charge in [0.15, 0.2) is 0 Å². The number of aromatic nitrogens is 3. The van der Waals surface area contributed by atoms with Crippen molar-refractivity contribution in [1.29, 1.82) is 0 Å². The van der Waals surface area contributed by atoms with Crippen LogP contribution in [0.1, 0.15) is 5.56 Å². The summed E-state index contributed by atoms with van der Waals surface area (Å²) in [6.45, 7) is 3.39. The Morgan fingerprint density at radius 1 is 1.00 bits per heavy atom. The number of hydrogen-bond donors (Lipinski definition) is 2. The first-order valence-electron chi connectivity index (χ1n) is 10.2. The van der Waals surface area contributed by atoms with E-state index < -0.39 is 4.92 Å². The molecule has 1 aliphatic rings. The number of nitrogens with one attached hydrogen (secondary N) is 2. The molecular formula is C21H22BrN9O2. The Morgan fingerprint density at radius 3 is 2.33 bits per heavy atom. The number of hydrazone groups is 1. The lowest BCUT2D eigenvalue weighted by Crippen LogP contribution is -2.45. The van der Waals surface area contributed by atoms with Gasteiger partial charge in [-0.15, -0.1) is 0 Å². The fourth-order valence-corrected chi connectivity index (χ4v) is 3.39. The van der Waals surface area contributed by atoms with Crippen molar-refractivity contribution in [1.82, 2.24) is 19.9 Å². The number of nitrogens with zero attached hydrogens (tertiary/aromatic N) is 7. The average Bonchev–Trinajstić information content (AvgIpc) is 2.81. The van der Waals surface area contributed by atoms with E-state index in [0.717, 1.165) is 36.2 Å². The van der Waals surface area contributed by atoms with Crippen LogP contribution in [0, 0.1) is 10.1 Å². The summed E-state index contributed by atoms with van der Waals surface area (Å²) in [5.41, 5.74) is 4.43. The van der Waals surface area contributed by atoms with Gasteiger partial charge < -0.3 is 15.1 Å². The van der Waals surface area contributed by atoms with Gasteiger partial charge in [0.05, 0.1) is 11.1 Å². The van der Waals surface area contributed by atoms with E-state index in [1.54, 1.807) is 18.3 Å². The Bertz CT molecular complexity index is 1130. The third kappa shape index (κ3) is 6.20. The minimum Gasteiger partial charge on any atom is -0.338 e. The maximum atomic E-state index is 10.9. The van der Waals surface area contributed by atoms with E-state index in [-0.39, 0.29) is 11.6 Å². The highest BCUT2D eigenvalue weighted by Crippen LogP contribution is 2.21. The Kier molecular flexibility index (Phi) is 7.05. The van der Waals surface area contributed by atoms with Crippen molar-refractivity contribution in [2.75, 3.05) is 48.9 Å². The largest absolute Gasteiger partial charge is 0.338 e. The van der Waals surface area contributed by atoms with Gasteiger partial charge in [-0.3, -0.25) is 10.1 Å². The third-order valence-electron chi connectivity index (χ3n) is 4.99. The molecule has 2 aromatic carbocycles. The first-order chi connectivity index (χ1) is 16.0. The van der Waals surface area contributed by atoms with Crippen LogP contribution in [0.4, 0.5) is 29.2 Å². The van der Waals surface area contributed by atoms with Gasteiger partial charge in [-0.1, -0.05) is 28.1 Å². The lowest BCUT2D eigenvalue weighted by Gasteiger charge is -2.32. The Balaban J connectivity index is 1.55. The highest BCUT2D eigenvalue weighted by Gasteiger charge is 2.18. The van der Waals surface area contributed by atoms with Crippen LogP contribution in [-0.2, 0) is 0 Å². The lowest BCUT2D eigenvalue weighted by atomic mass is 10.2. The first kappa shape index (κ1) is 22.6. The Hall–Kier alpha value is -3.64. The van der Waals surface area contributed by atoms with E-state index in [9.17, 15) is 10.1 Å². The van der Waals surface area contributed by atoms with Crippen molar-refractivity contribution in [2.45, 2.75) is 0 Å². The maximum Gasteiger partial charge on any atom is 0.269 e. The molecule has 2 N–H and O–H groups in total. The Labute approximate surface area is 198 Å². The van der Waals surface area contributed by atoms with Crippen molar-refractivity contribution < 1.29 is 4.92 Å². The number of halogens is 1. The molecule has 3 aromatic rings. The zero-order chi connectivity index (χ0) is 23.2. The summed E-state index contributed by atoms with van der Waals surface area (Å²) in [5, 5.41) is 18.2. The van der Waals surface area contributed by atoms with Crippen LogP contribution < -0.4 is 15.6 Å². The van der Waals surface area contributed by atoms with Crippen LogP contribution in [0.5, 0.6) is 0 Å². The monoisotopic (exact) mass is 511 g/mol. The second-order valence-electron chi connectivity index (χ2n) is 7.42. The number of benzene rings is 2. The molecule has 11 nitrogen and oxygen atoms in total. The van der Waals surface area contributed by atoms with Gasteiger partial charge in [0, 0.05) is 48.5 Å². The molecule has 0 saturated carbocycles. The molecule has 33 heavy (non-hydrogen) atoms. The second kappa shape index (κ2) is 10.3. The van der Waals surface area contributed by atoms with Gasteiger partial charge in [0.25, 0.3) is 5.69 Å². The summed E-state index contributed by atoms with van der Waals surface area (Å²) in [4.78, 5) is 28.3. The number of nitro groups is 1. The number of piperazine rings is 1. The number of nitro benzene ring substituents is 1. The summed E-state index contributed by atoms with van der Waals surface area (Å²) in [5.74, 6) is 1.13. The number of anilines is 4. The molecule has 0 unspecified atom stereocenters. The van der Waals surface area contributed by atoms with Gasteiger partial charge in [-0.25, -0.2) is 5.43 Å². The van der Waals surface area contributed by atoms with Crippen molar-refractivity contribution in [3.63, 3.8) is 0 Å². The minimum absolute atomic E-state index is 0.0129. The summed E-state index contributed by atoms with van der Waals surface area (Å²) in [6, 6.07) is 13.8. The molecule has 4 rings (SSSR count). The quantitative estimate of drug-likeness (QED) is 0.278. The summed E-state index contributed by atoms with van der Waals surface area (Å²) >= 11 is 3.41. The topological polar surface area (TPSA) is 125 Å². The van der Waals surface area contributed by atoms with Crippen LogP contribution >= 0.6 is 15.9 Å². The van der Waals surface area contributed by atoms with Crippen LogP contribution in [0.25, 0.3) is 0 Å². The first-order valence-corrected chi connectivity index (χ1v) is 11.0. The van der Waals surface area contributed by atoms with Gasteiger partial charge >= 0.3 is 0 Å². The number of hydrogen-bond acceptors (Lipinski definition) is 10. The molecule has 0 atom stereocenters. The van der Waals surface area contributed by atoms with Crippen molar-refractivity contribution in [3.05, 3.63) is 68.7 Å². The van der Waals surface area contributed by atoms with Gasteiger partial charge in [-0.2, -0.15) is 20.1 Å². The van der Waals surface area contributed by atoms with Crippen molar-refractivity contribution in [3.8, 4) is 0 Å². The molecule has 0 radical (unpaired) electrons. The van der Waals surface area contributed by atoms with E-state index in [1.165, 1.54) is 12.1 Å². The number of likely N-dealkylation sites (N-methyl/N-ethyl adjacent to an activating group) is 1. The standard InChI is InChI=1S/C21H22BrN9O2/c1-29-10-12-30(13-11-29)21-26-19(24-17-6-8-18(9-7-17)31(32)33)25-20(27-21)28-23-14-15-2-4-16(22)5-3-15/h2-9,14H,10-13H2,1H3,(H2,24,25,26,27,28)/b23-14+. The molecule has 12 heteroatoms. The second-order valence-corrected chi connectivity index (χ2v) is 8.34. The lowest BCUT2D eigenvalue weighted by molar-refractivity contribution is -0.384. The summed E-state index contributed by atoms with van der Waals surface area (Å²) in [6.07, 6.45) is 1.68. The maximum absolute atomic E-state index is 10.9. The van der Waals surface area contributed by atoms with Crippen LogP contribution in [0.15, 0.2) is 58.1 Å². The average molecular weight is 512 g/mol. The van der Waals surface area contributed by atoms with E-state index in [2.05, 4.69) is 63.6 Å². The smallest absolute Gasteiger partial charge is 0.269 e. The third-order valence-corrected chi connectivity index (χ3v) is 5.52. The minimum atomic E-state index is -0.441. The molecule has 1 saturated heterocycles. The molecule has 170 valence electrons. The fraction of sp³-hybridized carbons (Fsp3) is 0.238. The zero-order valence-electron chi connectivity index (χ0n) is 17.8. The van der Waals surface area contributed by atoms with E-state index in [1.807, 2.05) is 24.3 Å². The van der Waals surface area contributed by atoms with E-state index >= 15 is 0 Å². The molecule has 1 aromatic heterocycles. The van der Waals surface area contributed by atoms with Crippen LogP contribution in [-0.4, -0.2) is 64.2 Å². The van der Waals surface area contributed by atoms with Crippen LogP contribution in [0.2, 0.25) is 0 Å². The predicted molar refractivity (Wildman–Crippen MR) is 131 cm³/mol. The van der Waals surface area contributed by atoms with Gasteiger partial charge in [0.1, 0.15) is 0 Å². The fourth-order valence-electron chi connectivity index (χ4n) is 3.13. The number of non-ortho nitro benzene ring substituents is 1. The SMILES string of the molecule is CN1CCN(c2nc(N/N=C/c3ccc(Br)cc3)nc(Nc3ccc([N+](=O)[O-])cc3)n2)CC1. The highest BCUT2D eigenvalue weighted by atomic mass is 79.9. The van der Waals surface area contributed by atoms with Gasteiger partial charge in [0.2, 0.25) is 17.8 Å². The molecule has 0 aliphatic carbocycles. The predicted octanol–water partition coefficient (Wildman–Crippen LogP) is 3.48. The van der Waals surface area contributed by atoms with E-state index in [0.29, 0.717) is 17.6 Å². The molecule has 0 bridgehead atoms. The summed E-state index contributed by atoms with van der Waals surface area (Å²) < 4.78 is 0.990. The van der Waals surface area contributed by atoms with Crippen molar-refractivity contribution >= 4 is 51.4 Å². The summed E-state index contributed by atoms with van der Waals surface area (Å²) in [7, 11) is 2.08. The zero-order valence-corrected chi connectivity index (χ0v) is 19.4. The molecule has 1 aliphatic heterocycles. The molecule has 1 fully saturated rings. The van der Waals surface area contributed by atoms with E-state index in [4.69, 9.17) is 0 Å². The Morgan fingerprint density at radius 2 is 1.67 bits per heavy atom.